The summed E-state index contributed by atoms with van der Waals surface area (Å²) in [6.07, 6.45) is 13.3. The average molecular weight is 717 g/mol. The number of rotatable bonds is 14. The van der Waals surface area contributed by atoms with E-state index >= 15 is 0 Å². The smallest absolute Gasteiger partial charge is 0.284 e. The van der Waals surface area contributed by atoms with Crippen LogP contribution in [-0.4, -0.2) is 40.2 Å². The molecule has 1 saturated heterocycles. The summed E-state index contributed by atoms with van der Waals surface area (Å²) >= 11 is 2.04. The van der Waals surface area contributed by atoms with Gasteiger partial charge in [0.2, 0.25) is 0 Å². The Morgan fingerprint density at radius 2 is 1.73 bits per heavy atom. The summed E-state index contributed by atoms with van der Waals surface area (Å²) in [6, 6.07) is 8.15. The number of hydrogen-bond acceptors (Lipinski definition) is 6. The summed E-state index contributed by atoms with van der Waals surface area (Å²) in [6.45, 7) is 16.4. The highest BCUT2D eigenvalue weighted by atomic mass is 32.2. The molecule has 0 spiro atoms. The molecule has 0 radical (unpaired) electrons. The number of pyridine rings is 1. The van der Waals surface area contributed by atoms with Crippen molar-refractivity contribution in [3.63, 3.8) is 0 Å². The van der Waals surface area contributed by atoms with Gasteiger partial charge in [0, 0.05) is 65.8 Å². The SMILES string of the molecule is C/C=N\N=C(/CCC)Cc1cc(C)nc(C2CC2)c1.C1CSC1.CC.CCC(=O)c1cc(CNC(C)C2CCC2)cc(C(F)(F)P)c1CC. The standard InChI is InChI=1S/C19H28F2NOP.C16H23N3.C3H6S.C2H6/c1-4-15-16(18(23)5-2)9-13(10-17(15)19(20,21)24)11-22-12(3)14-7-6-8-14;1-4-6-15(19-17-5-2)10-13-9-12(3)18-16(11-13)14-7-8-14;1-2-4-3-1;1-2/h9-10,12,14,22H,4-8,11,24H2,1-3H3;5,9,11,14H,4,6-8,10H2,1-3H3;1-3H2;1-2H3/b;17-5-,19-15+;;. The number of alkyl halides is 2. The molecule has 49 heavy (non-hydrogen) atoms. The van der Waals surface area contributed by atoms with E-state index in [9.17, 15) is 13.6 Å². The predicted molar refractivity (Wildman–Crippen MR) is 212 cm³/mol. The molecule has 5 rings (SSSR count). The molecule has 2 atom stereocenters. The summed E-state index contributed by atoms with van der Waals surface area (Å²) in [5.41, 5.74) is 3.49. The van der Waals surface area contributed by atoms with E-state index in [2.05, 4.69) is 53.4 Å². The lowest BCUT2D eigenvalue weighted by Crippen LogP contribution is -2.36. The third-order valence-corrected chi connectivity index (χ3v) is 10.5. The molecular weight excluding hydrogens is 654 g/mol. The number of nitrogens with one attached hydrogen (secondary N) is 1. The summed E-state index contributed by atoms with van der Waals surface area (Å²) in [5, 5.41) is 11.8. The zero-order valence-electron chi connectivity index (χ0n) is 31.5. The Balaban J connectivity index is 0.000000296. The van der Waals surface area contributed by atoms with Gasteiger partial charge in [0.15, 0.2) is 5.78 Å². The van der Waals surface area contributed by atoms with Crippen LogP contribution in [0.3, 0.4) is 0 Å². The molecule has 274 valence electrons. The fourth-order valence-corrected chi connectivity index (χ4v) is 6.32. The fourth-order valence-electron chi connectivity index (χ4n) is 5.78. The Labute approximate surface area is 303 Å². The Bertz CT molecular complexity index is 1340. The highest BCUT2D eigenvalue weighted by Gasteiger charge is 2.31. The number of aryl methyl sites for hydroxylation is 1. The second kappa shape index (κ2) is 22.7. The predicted octanol–water partition coefficient (Wildman–Crippen LogP) is 11.3. The maximum absolute atomic E-state index is 14.1. The number of aromatic nitrogens is 1. The maximum Gasteiger partial charge on any atom is 0.284 e. The third kappa shape index (κ3) is 15.0. The molecule has 2 aliphatic carbocycles. The zero-order valence-corrected chi connectivity index (χ0v) is 33.5. The van der Waals surface area contributed by atoms with E-state index in [1.54, 1.807) is 34.5 Å². The summed E-state index contributed by atoms with van der Waals surface area (Å²) in [5.74, 6) is 4.15. The van der Waals surface area contributed by atoms with Crippen molar-refractivity contribution in [2.75, 3.05) is 11.5 Å². The molecule has 5 nitrogen and oxygen atoms in total. The number of hydrogen-bond donors (Lipinski definition) is 1. The van der Waals surface area contributed by atoms with Crippen LogP contribution < -0.4 is 5.32 Å². The highest BCUT2D eigenvalue weighted by Crippen LogP contribution is 2.40. The van der Waals surface area contributed by atoms with Gasteiger partial charge >= 0.3 is 0 Å². The number of carbonyl (C=O) groups is 1. The molecule has 0 bridgehead atoms. The molecule has 2 heterocycles. The quantitative estimate of drug-likeness (QED) is 0.0915. The first kappa shape index (κ1) is 43.1. The van der Waals surface area contributed by atoms with Gasteiger partial charge in [-0.05, 0) is 124 Å². The molecule has 1 N–H and O–H groups in total. The Morgan fingerprint density at radius 3 is 2.20 bits per heavy atom. The Kier molecular flexibility index (Phi) is 20.0. The van der Waals surface area contributed by atoms with E-state index < -0.39 is 5.66 Å². The molecule has 3 aliphatic rings. The van der Waals surface area contributed by atoms with Crippen LogP contribution in [0.15, 0.2) is 34.5 Å². The molecule has 2 saturated carbocycles. The summed E-state index contributed by atoms with van der Waals surface area (Å²) in [4.78, 5) is 16.9. The van der Waals surface area contributed by atoms with Crippen LogP contribution in [-0.2, 0) is 25.1 Å². The van der Waals surface area contributed by atoms with Crippen molar-refractivity contribution in [1.29, 1.82) is 0 Å². The number of halogens is 2. The summed E-state index contributed by atoms with van der Waals surface area (Å²) in [7, 11) is 1.61. The van der Waals surface area contributed by atoms with Crippen molar-refractivity contribution in [2.24, 2.45) is 16.1 Å². The number of ketones is 1. The van der Waals surface area contributed by atoms with Gasteiger partial charge in [0.05, 0.1) is 0 Å². The average Bonchev–Trinajstić information content (AvgIpc) is 3.87. The van der Waals surface area contributed by atoms with Crippen molar-refractivity contribution in [3.05, 3.63) is 63.5 Å². The molecule has 1 aliphatic heterocycles. The zero-order chi connectivity index (χ0) is 36.4. The molecular formula is C40H63F2N4OPS. The van der Waals surface area contributed by atoms with Gasteiger partial charge in [-0.3, -0.25) is 9.78 Å². The van der Waals surface area contributed by atoms with E-state index in [4.69, 9.17) is 0 Å². The van der Waals surface area contributed by atoms with E-state index in [-0.39, 0.29) is 11.3 Å². The lowest BCUT2D eigenvalue weighted by molar-refractivity contribution is 0.0978. The topological polar surface area (TPSA) is 66.7 Å². The highest BCUT2D eigenvalue weighted by molar-refractivity contribution is 8.00. The van der Waals surface area contributed by atoms with Gasteiger partial charge in [0.25, 0.3) is 5.66 Å². The third-order valence-electron chi connectivity index (χ3n) is 9.00. The fraction of sp³-hybridized carbons (Fsp3) is 0.650. The summed E-state index contributed by atoms with van der Waals surface area (Å²) < 4.78 is 28.1. The minimum atomic E-state index is -3.02. The normalized spacial score (nSPS) is 16.6. The van der Waals surface area contributed by atoms with Crippen molar-refractivity contribution >= 4 is 38.7 Å². The van der Waals surface area contributed by atoms with Crippen LogP contribution >= 0.6 is 21.0 Å². The number of Topliss-reactive ketones (excluding diaryl/α,β-unsaturated/α-hetero) is 1. The number of benzene rings is 1. The monoisotopic (exact) mass is 716 g/mol. The first-order chi connectivity index (χ1) is 23.5. The Morgan fingerprint density at radius 1 is 1.08 bits per heavy atom. The van der Waals surface area contributed by atoms with E-state index in [1.165, 1.54) is 61.3 Å². The van der Waals surface area contributed by atoms with Crippen LogP contribution in [0.1, 0.15) is 156 Å². The van der Waals surface area contributed by atoms with Crippen LogP contribution in [0.5, 0.6) is 0 Å². The molecule has 2 aromatic rings. The van der Waals surface area contributed by atoms with Crippen molar-refractivity contribution in [1.82, 2.24) is 10.3 Å². The molecule has 3 fully saturated rings. The number of thioether (sulfide) groups is 1. The van der Waals surface area contributed by atoms with Gasteiger partial charge in [-0.1, -0.05) is 56.7 Å². The second-order valence-corrected chi connectivity index (χ2v) is 15.0. The van der Waals surface area contributed by atoms with E-state index in [0.29, 0.717) is 48.4 Å². The number of nitrogens with zero attached hydrogens (tertiary/aromatic N) is 3. The van der Waals surface area contributed by atoms with E-state index in [0.717, 1.165) is 36.2 Å². The van der Waals surface area contributed by atoms with Gasteiger partial charge in [-0.25, -0.2) is 0 Å². The van der Waals surface area contributed by atoms with Crippen LogP contribution in [0, 0.1) is 12.8 Å². The first-order valence-electron chi connectivity index (χ1n) is 18.7. The molecule has 0 amide bonds. The largest absolute Gasteiger partial charge is 0.310 e. The number of carbonyl (C=O) groups excluding carboxylic acids is 1. The lowest BCUT2D eigenvalue weighted by Gasteiger charge is -2.32. The van der Waals surface area contributed by atoms with Gasteiger partial charge < -0.3 is 5.32 Å². The molecule has 1 aromatic carbocycles. The van der Waals surface area contributed by atoms with Crippen LogP contribution in [0.25, 0.3) is 0 Å². The van der Waals surface area contributed by atoms with Crippen molar-refractivity contribution in [2.45, 2.75) is 150 Å². The first-order valence-corrected chi connectivity index (χ1v) is 20.4. The molecule has 9 heteroatoms. The minimum Gasteiger partial charge on any atom is -0.310 e. The van der Waals surface area contributed by atoms with Crippen LogP contribution in [0.2, 0.25) is 0 Å². The lowest BCUT2D eigenvalue weighted by atomic mass is 9.80. The minimum absolute atomic E-state index is 0.0394. The Hall–Kier alpha value is -2.02. The molecule has 1 aromatic heterocycles. The van der Waals surface area contributed by atoms with Crippen molar-refractivity contribution in [3.8, 4) is 0 Å². The van der Waals surface area contributed by atoms with E-state index in [1.807, 2.05) is 39.5 Å². The molecule has 2 unspecified atom stereocenters. The van der Waals surface area contributed by atoms with Gasteiger partial charge in [-0.2, -0.15) is 30.7 Å². The van der Waals surface area contributed by atoms with Gasteiger partial charge in [-0.15, -0.1) is 0 Å². The van der Waals surface area contributed by atoms with Crippen LogP contribution in [0.4, 0.5) is 8.78 Å². The second-order valence-electron chi connectivity index (χ2n) is 13.0. The van der Waals surface area contributed by atoms with Crippen molar-refractivity contribution < 1.29 is 13.6 Å². The maximum atomic E-state index is 14.1. The van der Waals surface area contributed by atoms with Gasteiger partial charge in [0.1, 0.15) is 0 Å².